The summed E-state index contributed by atoms with van der Waals surface area (Å²) >= 11 is 0. The Morgan fingerprint density at radius 2 is 2.17 bits per heavy atom. The summed E-state index contributed by atoms with van der Waals surface area (Å²) in [5.74, 6) is 0.572. The summed E-state index contributed by atoms with van der Waals surface area (Å²) in [5.41, 5.74) is 1.95. The van der Waals surface area contributed by atoms with E-state index >= 15 is 0 Å². The van der Waals surface area contributed by atoms with Gasteiger partial charge in [-0.3, -0.25) is 9.78 Å². The molecule has 2 heterocycles. The summed E-state index contributed by atoms with van der Waals surface area (Å²) in [6.07, 6.45) is 4.62. The molecule has 0 aliphatic rings. The van der Waals surface area contributed by atoms with E-state index in [0.29, 0.717) is 18.7 Å². The summed E-state index contributed by atoms with van der Waals surface area (Å²) in [7, 11) is 0. The van der Waals surface area contributed by atoms with Gasteiger partial charge in [-0.05, 0) is 37.1 Å². The van der Waals surface area contributed by atoms with Crippen LogP contribution in [0.4, 0.5) is 5.82 Å². The van der Waals surface area contributed by atoms with Gasteiger partial charge in [-0.2, -0.15) is 0 Å². The van der Waals surface area contributed by atoms with E-state index in [1.54, 1.807) is 18.5 Å². The fourth-order valence-electron chi connectivity index (χ4n) is 1.62. The molecule has 0 saturated heterocycles. The van der Waals surface area contributed by atoms with E-state index in [4.69, 9.17) is 0 Å². The molecule has 0 bridgehead atoms. The Hall–Kier alpha value is -2.23. The van der Waals surface area contributed by atoms with E-state index in [2.05, 4.69) is 15.3 Å². The third kappa shape index (κ3) is 3.66. The number of aromatic nitrogens is 2. The fourth-order valence-corrected chi connectivity index (χ4v) is 1.62. The summed E-state index contributed by atoms with van der Waals surface area (Å²) in [4.78, 5) is 20.0. The molecule has 0 radical (unpaired) electrons. The van der Waals surface area contributed by atoms with Crippen LogP contribution in [0.3, 0.4) is 0 Å². The zero-order valence-electron chi connectivity index (χ0n) is 10.3. The van der Waals surface area contributed by atoms with Crippen LogP contribution in [-0.2, 0) is 11.2 Å². The van der Waals surface area contributed by atoms with Crippen molar-refractivity contribution in [3.05, 3.63) is 54.0 Å². The van der Waals surface area contributed by atoms with Crippen molar-refractivity contribution in [1.29, 1.82) is 0 Å². The maximum atomic E-state index is 11.7. The van der Waals surface area contributed by atoms with E-state index in [0.717, 1.165) is 11.3 Å². The largest absolute Gasteiger partial charge is 0.311 e. The molecule has 2 aromatic heterocycles. The second-order valence-corrected chi connectivity index (χ2v) is 4.07. The standard InChI is InChI=1S/C14H15N3O/c1-11-4-2-6-13(16-11)17-14(18)8-7-12-5-3-9-15-10-12/h2-6,9-10H,7-8H2,1H3,(H,16,17,18). The topological polar surface area (TPSA) is 54.9 Å². The summed E-state index contributed by atoms with van der Waals surface area (Å²) in [5, 5.41) is 2.78. The molecular formula is C14H15N3O. The molecule has 4 nitrogen and oxygen atoms in total. The van der Waals surface area contributed by atoms with Gasteiger partial charge in [0.2, 0.25) is 5.91 Å². The van der Waals surface area contributed by atoms with E-state index in [1.807, 2.05) is 31.2 Å². The number of anilines is 1. The number of carbonyl (C=O) groups is 1. The summed E-state index contributed by atoms with van der Waals surface area (Å²) in [6, 6.07) is 9.39. The van der Waals surface area contributed by atoms with Crippen LogP contribution in [0, 0.1) is 6.92 Å². The smallest absolute Gasteiger partial charge is 0.225 e. The minimum absolute atomic E-state index is 0.0306. The molecule has 0 atom stereocenters. The molecule has 0 aromatic carbocycles. The van der Waals surface area contributed by atoms with Gasteiger partial charge in [0.1, 0.15) is 5.82 Å². The average molecular weight is 241 g/mol. The predicted octanol–water partition coefficient (Wildman–Crippen LogP) is 2.36. The first kappa shape index (κ1) is 12.2. The lowest BCUT2D eigenvalue weighted by Crippen LogP contribution is -2.13. The van der Waals surface area contributed by atoms with Crippen molar-refractivity contribution in [2.75, 3.05) is 5.32 Å². The Bertz CT molecular complexity index is 526. The van der Waals surface area contributed by atoms with E-state index in [1.165, 1.54) is 0 Å². The van der Waals surface area contributed by atoms with Crippen LogP contribution in [0.2, 0.25) is 0 Å². The average Bonchev–Trinajstić information content (AvgIpc) is 2.38. The van der Waals surface area contributed by atoms with Gasteiger partial charge >= 0.3 is 0 Å². The van der Waals surface area contributed by atoms with E-state index in [9.17, 15) is 4.79 Å². The molecule has 1 N–H and O–H groups in total. The van der Waals surface area contributed by atoms with Crippen LogP contribution in [0.15, 0.2) is 42.7 Å². The molecule has 18 heavy (non-hydrogen) atoms. The lowest BCUT2D eigenvalue weighted by molar-refractivity contribution is -0.116. The van der Waals surface area contributed by atoms with Gasteiger partial charge in [-0.1, -0.05) is 12.1 Å². The maximum absolute atomic E-state index is 11.7. The van der Waals surface area contributed by atoms with Crippen LogP contribution in [0.1, 0.15) is 17.7 Å². The Morgan fingerprint density at radius 1 is 1.28 bits per heavy atom. The van der Waals surface area contributed by atoms with Gasteiger partial charge in [0.05, 0.1) is 0 Å². The predicted molar refractivity (Wildman–Crippen MR) is 70.2 cm³/mol. The van der Waals surface area contributed by atoms with Crippen molar-refractivity contribution in [3.63, 3.8) is 0 Å². The third-order valence-electron chi connectivity index (χ3n) is 2.52. The summed E-state index contributed by atoms with van der Waals surface area (Å²) in [6.45, 7) is 1.89. The first-order chi connectivity index (χ1) is 8.74. The highest BCUT2D eigenvalue weighted by molar-refractivity contribution is 5.89. The molecule has 0 spiro atoms. The van der Waals surface area contributed by atoms with Crippen LogP contribution in [-0.4, -0.2) is 15.9 Å². The Kier molecular flexibility index (Phi) is 4.02. The minimum Gasteiger partial charge on any atom is -0.311 e. The first-order valence-corrected chi connectivity index (χ1v) is 5.86. The SMILES string of the molecule is Cc1cccc(NC(=O)CCc2cccnc2)n1. The molecule has 0 unspecified atom stereocenters. The second-order valence-electron chi connectivity index (χ2n) is 4.07. The molecule has 0 saturated carbocycles. The maximum Gasteiger partial charge on any atom is 0.225 e. The normalized spacial score (nSPS) is 10.1. The van der Waals surface area contributed by atoms with Crippen molar-refractivity contribution in [2.24, 2.45) is 0 Å². The summed E-state index contributed by atoms with van der Waals surface area (Å²) < 4.78 is 0. The number of hydrogen-bond acceptors (Lipinski definition) is 3. The molecule has 2 aromatic rings. The van der Waals surface area contributed by atoms with Crippen LogP contribution < -0.4 is 5.32 Å². The number of nitrogens with one attached hydrogen (secondary N) is 1. The van der Waals surface area contributed by atoms with Crippen molar-refractivity contribution in [3.8, 4) is 0 Å². The van der Waals surface area contributed by atoms with Gasteiger partial charge in [0, 0.05) is 24.5 Å². The van der Waals surface area contributed by atoms with Crippen molar-refractivity contribution in [2.45, 2.75) is 19.8 Å². The van der Waals surface area contributed by atoms with Crippen LogP contribution in [0.5, 0.6) is 0 Å². The Labute approximate surface area is 106 Å². The molecule has 0 aliphatic heterocycles. The number of amides is 1. The minimum atomic E-state index is -0.0306. The van der Waals surface area contributed by atoms with Crippen LogP contribution >= 0.6 is 0 Å². The molecule has 0 aliphatic carbocycles. The lowest BCUT2D eigenvalue weighted by atomic mass is 10.1. The Morgan fingerprint density at radius 3 is 2.89 bits per heavy atom. The Balaban J connectivity index is 1.86. The number of aryl methyl sites for hydroxylation is 2. The number of nitrogens with zero attached hydrogens (tertiary/aromatic N) is 2. The number of rotatable bonds is 4. The quantitative estimate of drug-likeness (QED) is 0.894. The highest BCUT2D eigenvalue weighted by atomic mass is 16.1. The number of pyridine rings is 2. The van der Waals surface area contributed by atoms with Crippen molar-refractivity contribution < 1.29 is 4.79 Å². The fraction of sp³-hybridized carbons (Fsp3) is 0.214. The van der Waals surface area contributed by atoms with E-state index < -0.39 is 0 Å². The number of carbonyl (C=O) groups excluding carboxylic acids is 1. The third-order valence-corrected chi connectivity index (χ3v) is 2.52. The van der Waals surface area contributed by atoms with Gasteiger partial charge in [-0.15, -0.1) is 0 Å². The first-order valence-electron chi connectivity index (χ1n) is 5.86. The molecule has 2 rings (SSSR count). The lowest BCUT2D eigenvalue weighted by Gasteiger charge is -2.04. The zero-order valence-corrected chi connectivity index (χ0v) is 10.3. The second kappa shape index (κ2) is 5.91. The zero-order chi connectivity index (χ0) is 12.8. The van der Waals surface area contributed by atoms with Crippen molar-refractivity contribution in [1.82, 2.24) is 9.97 Å². The highest BCUT2D eigenvalue weighted by Crippen LogP contribution is 2.06. The van der Waals surface area contributed by atoms with Crippen LogP contribution in [0.25, 0.3) is 0 Å². The molecule has 4 heteroatoms. The molecule has 1 amide bonds. The molecule has 0 fully saturated rings. The molecular weight excluding hydrogens is 226 g/mol. The van der Waals surface area contributed by atoms with Gasteiger partial charge < -0.3 is 5.32 Å². The number of hydrogen-bond donors (Lipinski definition) is 1. The van der Waals surface area contributed by atoms with E-state index in [-0.39, 0.29) is 5.91 Å². The van der Waals surface area contributed by atoms with Gasteiger partial charge in [0.25, 0.3) is 0 Å². The highest BCUT2D eigenvalue weighted by Gasteiger charge is 2.04. The molecule has 92 valence electrons. The van der Waals surface area contributed by atoms with Crippen molar-refractivity contribution >= 4 is 11.7 Å². The van der Waals surface area contributed by atoms with Gasteiger partial charge in [0.15, 0.2) is 0 Å². The van der Waals surface area contributed by atoms with Gasteiger partial charge in [-0.25, -0.2) is 4.98 Å². The monoisotopic (exact) mass is 241 g/mol.